The van der Waals surface area contributed by atoms with Crippen LogP contribution in [0.4, 0.5) is 0 Å². The van der Waals surface area contributed by atoms with Crippen molar-refractivity contribution in [2.45, 2.75) is 19.9 Å². The molecule has 5 heteroatoms. The molecule has 0 saturated heterocycles. The van der Waals surface area contributed by atoms with Crippen LogP contribution >= 0.6 is 0 Å². The molecule has 134 valence electrons. The number of carbonyl (C=O) groups is 1. The van der Waals surface area contributed by atoms with E-state index < -0.39 is 5.91 Å². The second-order valence-corrected chi connectivity index (χ2v) is 5.62. The van der Waals surface area contributed by atoms with Gasteiger partial charge in [-0.2, -0.15) is 5.26 Å². The zero-order valence-electron chi connectivity index (χ0n) is 15.2. The van der Waals surface area contributed by atoms with Crippen molar-refractivity contribution in [1.82, 2.24) is 5.32 Å². The number of rotatable bonds is 7. The molecule has 2 aromatic carbocycles. The highest BCUT2D eigenvalue weighted by Gasteiger charge is 2.14. The second kappa shape index (κ2) is 9.28. The zero-order valence-corrected chi connectivity index (χ0v) is 15.2. The van der Waals surface area contributed by atoms with Crippen molar-refractivity contribution >= 4 is 12.0 Å². The van der Waals surface area contributed by atoms with Crippen LogP contribution in [0.3, 0.4) is 0 Å². The van der Waals surface area contributed by atoms with Gasteiger partial charge in [0.05, 0.1) is 19.8 Å². The largest absolute Gasteiger partial charge is 0.493 e. The number of nitrogens with one attached hydrogen (secondary N) is 1. The Labute approximate surface area is 153 Å². The predicted octanol–water partition coefficient (Wildman–Crippen LogP) is 3.88. The number of amides is 1. The molecule has 0 aliphatic heterocycles. The van der Waals surface area contributed by atoms with Crippen molar-refractivity contribution in [2.75, 3.05) is 13.7 Å². The topological polar surface area (TPSA) is 71.3 Å². The zero-order chi connectivity index (χ0) is 18.9. The first-order valence-electron chi connectivity index (χ1n) is 8.37. The van der Waals surface area contributed by atoms with Gasteiger partial charge in [-0.3, -0.25) is 4.79 Å². The molecule has 1 atom stereocenters. The molecule has 0 spiro atoms. The molecule has 2 aromatic rings. The molecule has 0 aliphatic rings. The lowest BCUT2D eigenvalue weighted by molar-refractivity contribution is -0.117. The van der Waals surface area contributed by atoms with E-state index in [1.54, 1.807) is 25.3 Å². The highest BCUT2D eigenvalue weighted by atomic mass is 16.5. The van der Waals surface area contributed by atoms with Crippen LogP contribution in [-0.2, 0) is 4.79 Å². The molecule has 2 rings (SSSR count). The molecule has 26 heavy (non-hydrogen) atoms. The van der Waals surface area contributed by atoms with Crippen molar-refractivity contribution in [3.8, 4) is 17.6 Å². The van der Waals surface area contributed by atoms with E-state index >= 15 is 0 Å². The highest BCUT2D eigenvalue weighted by molar-refractivity contribution is 6.01. The lowest BCUT2D eigenvalue weighted by Crippen LogP contribution is -2.27. The first-order valence-corrected chi connectivity index (χ1v) is 8.37. The van der Waals surface area contributed by atoms with Crippen LogP contribution in [0.2, 0.25) is 0 Å². The van der Waals surface area contributed by atoms with Crippen LogP contribution in [-0.4, -0.2) is 19.6 Å². The molecular formula is C21H22N2O3. The van der Waals surface area contributed by atoms with Gasteiger partial charge in [0.2, 0.25) is 0 Å². The molecular weight excluding hydrogens is 328 g/mol. The van der Waals surface area contributed by atoms with Gasteiger partial charge in [-0.15, -0.1) is 0 Å². The van der Waals surface area contributed by atoms with Crippen molar-refractivity contribution in [1.29, 1.82) is 5.26 Å². The summed E-state index contributed by atoms with van der Waals surface area (Å²) in [5.74, 6) is 0.751. The van der Waals surface area contributed by atoms with E-state index in [9.17, 15) is 10.1 Å². The van der Waals surface area contributed by atoms with Crippen molar-refractivity contribution < 1.29 is 14.3 Å². The van der Waals surface area contributed by atoms with Crippen LogP contribution in [0.1, 0.15) is 31.0 Å². The summed E-state index contributed by atoms with van der Waals surface area (Å²) < 4.78 is 10.8. The van der Waals surface area contributed by atoms with Gasteiger partial charge in [0.25, 0.3) is 5.91 Å². The summed E-state index contributed by atoms with van der Waals surface area (Å²) in [6.07, 6.45) is 1.54. The Morgan fingerprint density at radius 1 is 1.23 bits per heavy atom. The maximum atomic E-state index is 12.4. The van der Waals surface area contributed by atoms with E-state index in [2.05, 4.69) is 5.32 Å². The number of nitriles is 1. The molecule has 0 saturated carbocycles. The van der Waals surface area contributed by atoms with Gasteiger partial charge >= 0.3 is 0 Å². The van der Waals surface area contributed by atoms with Crippen molar-refractivity contribution in [3.63, 3.8) is 0 Å². The van der Waals surface area contributed by atoms with Gasteiger partial charge in [-0.25, -0.2) is 0 Å². The van der Waals surface area contributed by atoms with Gasteiger partial charge in [0.15, 0.2) is 11.5 Å². The van der Waals surface area contributed by atoms with Gasteiger partial charge in [-0.05, 0) is 43.2 Å². The fourth-order valence-electron chi connectivity index (χ4n) is 2.47. The lowest BCUT2D eigenvalue weighted by atomic mass is 10.1. The van der Waals surface area contributed by atoms with Crippen LogP contribution in [0, 0.1) is 11.3 Å². The summed E-state index contributed by atoms with van der Waals surface area (Å²) in [7, 11) is 1.56. The fourth-order valence-corrected chi connectivity index (χ4v) is 2.47. The minimum absolute atomic E-state index is 0.0281. The van der Waals surface area contributed by atoms with Crippen LogP contribution in [0.5, 0.6) is 11.5 Å². The Morgan fingerprint density at radius 3 is 2.58 bits per heavy atom. The summed E-state index contributed by atoms with van der Waals surface area (Å²) in [4.78, 5) is 12.4. The SMILES string of the molecule is CCOc1cc(/C=C(\C#N)C(=O)NC(C)c2ccccc2)ccc1OC. The number of nitrogens with zero attached hydrogens (tertiary/aromatic N) is 1. The summed E-state index contributed by atoms with van der Waals surface area (Å²) in [5.41, 5.74) is 1.69. The number of hydrogen-bond acceptors (Lipinski definition) is 4. The molecule has 0 fully saturated rings. The van der Waals surface area contributed by atoms with Crippen LogP contribution in [0.25, 0.3) is 6.08 Å². The summed E-state index contributed by atoms with van der Waals surface area (Å²) >= 11 is 0. The van der Waals surface area contributed by atoms with Gasteiger partial charge < -0.3 is 14.8 Å². The molecule has 0 aliphatic carbocycles. The Bertz CT molecular complexity index is 823. The number of methoxy groups -OCH3 is 1. The van der Waals surface area contributed by atoms with Gasteiger partial charge in [0, 0.05) is 0 Å². The van der Waals surface area contributed by atoms with E-state index in [-0.39, 0.29) is 11.6 Å². The predicted molar refractivity (Wildman–Crippen MR) is 101 cm³/mol. The molecule has 0 bridgehead atoms. The van der Waals surface area contributed by atoms with E-state index in [0.717, 1.165) is 5.56 Å². The smallest absolute Gasteiger partial charge is 0.262 e. The third-order valence-electron chi connectivity index (χ3n) is 3.81. The first kappa shape index (κ1) is 19.1. The number of ether oxygens (including phenoxy) is 2. The van der Waals surface area contributed by atoms with E-state index in [1.807, 2.05) is 50.2 Å². The number of benzene rings is 2. The fraction of sp³-hybridized carbons (Fsp3) is 0.238. The summed E-state index contributed by atoms with van der Waals surface area (Å²) in [5, 5.41) is 12.2. The average molecular weight is 350 g/mol. The molecule has 5 nitrogen and oxygen atoms in total. The Hall–Kier alpha value is -3.26. The molecule has 0 heterocycles. The number of hydrogen-bond donors (Lipinski definition) is 1. The average Bonchev–Trinajstić information content (AvgIpc) is 2.67. The van der Waals surface area contributed by atoms with Gasteiger partial charge in [-0.1, -0.05) is 36.4 Å². The van der Waals surface area contributed by atoms with E-state index in [1.165, 1.54) is 6.08 Å². The maximum Gasteiger partial charge on any atom is 0.262 e. The molecule has 1 amide bonds. The summed E-state index contributed by atoms with van der Waals surface area (Å²) in [6.45, 7) is 4.24. The third kappa shape index (κ3) is 4.87. The summed E-state index contributed by atoms with van der Waals surface area (Å²) in [6, 6.07) is 16.6. The number of carbonyl (C=O) groups excluding carboxylic acids is 1. The highest BCUT2D eigenvalue weighted by Crippen LogP contribution is 2.29. The Balaban J connectivity index is 2.20. The lowest BCUT2D eigenvalue weighted by Gasteiger charge is -2.14. The van der Waals surface area contributed by atoms with Crippen molar-refractivity contribution in [2.24, 2.45) is 0 Å². The second-order valence-electron chi connectivity index (χ2n) is 5.62. The maximum absolute atomic E-state index is 12.4. The quantitative estimate of drug-likeness (QED) is 0.608. The van der Waals surface area contributed by atoms with Crippen LogP contribution < -0.4 is 14.8 Å². The minimum atomic E-state index is -0.419. The molecule has 1 unspecified atom stereocenters. The third-order valence-corrected chi connectivity index (χ3v) is 3.81. The monoisotopic (exact) mass is 350 g/mol. The van der Waals surface area contributed by atoms with Gasteiger partial charge in [0.1, 0.15) is 11.6 Å². The first-order chi connectivity index (χ1) is 12.6. The minimum Gasteiger partial charge on any atom is -0.493 e. The van der Waals surface area contributed by atoms with Crippen molar-refractivity contribution in [3.05, 3.63) is 65.2 Å². The van der Waals surface area contributed by atoms with E-state index in [0.29, 0.717) is 23.7 Å². The normalized spacial score (nSPS) is 12.0. The molecule has 1 N–H and O–H groups in total. The Morgan fingerprint density at radius 2 is 1.96 bits per heavy atom. The molecule has 0 radical (unpaired) electrons. The molecule has 0 aromatic heterocycles. The van der Waals surface area contributed by atoms with E-state index in [4.69, 9.17) is 9.47 Å². The standard InChI is InChI=1S/C21H22N2O3/c1-4-26-20-13-16(10-11-19(20)25-3)12-18(14-22)21(24)23-15(2)17-8-6-5-7-9-17/h5-13,15H,4H2,1-3H3,(H,23,24)/b18-12+. The van der Waals surface area contributed by atoms with Crippen LogP contribution in [0.15, 0.2) is 54.1 Å². The Kier molecular flexibility index (Phi) is 6.81.